The summed E-state index contributed by atoms with van der Waals surface area (Å²) in [6.45, 7) is 2.91. The highest BCUT2D eigenvalue weighted by molar-refractivity contribution is 6.36. The third-order valence-electron chi connectivity index (χ3n) is 5.67. The molecule has 1 aliphatic carbocycles. The summed E-state index contributed by atoms with van der Waals surface area (Å²) in [5.74, 6) is 0.432. The lowest BCUT2D eigenvalue weighted by Gasteiger charge is -2.10. The van der Waals surface area contributed by atoms with Crippen molar-refractivity contribution in [1.29, 1.82) is 0 Å². The van der Waals surface area contributed by atoms with E-state index in [4.69, 9.17) is 4.74 Å². The van der Waals surface area contributed by atoms with Crippen molar-refractivity contribution in [2.75, 3.05) is 20.2 Å². The van der Waals surface area contributed by atoms with E-state index in [2.05, 4.69) is 17.4 Å². The summed E-state index contributed by atoms with van der Waals surface area (Å²) in [6.07, 6.45) is 1.82. The summed E-state index contributed by atoms with van der Waals surface area (Å²) in [5.41, 5.74) is 5.28. The van der Waals surface area contributed by atoms with E-state index < -0.39 is 0 Å². The second kappa shape index (κ2) is 10.2. The number of amides is 1. The van der Waals surface area contributed by atoms with Crippen LogP contribution in [0, 0.1) is 5.21 Å². The first-order valence-electron chi connectivity index (χ1n) is 11.3. The topological polar surface area (TPSA) is 64.4 Å². The van der Waals surface area contributed by atoms with Gasteiger partial charge in [-0.1, -0.05) is 60.7 Å². The van der Waals surface area contributed by atoms with Crippen molar-refractivity contribution in [1.82, 2.24) is 5.32 Å². The number of carbonyl (C=O) groups excluding carboxylic acids is 1. The number of rotatable bonds is 8. The molecule has 1 aliphatic rings. The Labute approximate surface area is 194 Å². The number of hydrogen-bond donors (Lipinski definition) is 1. The van der Waals surface area contributed by atoms with Gasteiger partial charge in [-0.15, -0.1) is 0 Å². The molecule has 0 saturated heterocycles. The Morgan fingerprint density at radius 3 is 2.33 bits per heavy atom. The number of fused-ring (bicyclic) bond motifs is 1. The van der Waals surface area contributed by atoms with Gasteiger partial charge >= 0.3 is 0 Å². The molecule has 168 valence electrons. The molecule has 1 N–H and O–H groups in total. The second-order valence-electron chi connectivity index (χ2n) is 7.97. The molecule has 4 rings (SSSR count). The van der Waals surface area contributed by atoms with E-state index in [1.807, 2.05) is 73.7 Å². The molecule has 0 aliphatic heterocycles. The number of aryl methyl sites for hydroxylation is 1. The van der Waals surface area contributed by atoms with Gasteiger partial charge in [0, 0.05) is 12.1 Å². The molecular formula is C28H28N2O3. The smallest absolute Gasteiger partial charge is 0.258 e. The monoisotopic (exact) mass is 440 g/mol. The van der Waals surface area contributed by atoms with Gasteiger partial charge in [-0.25, -0.2) is 4.74 Å². The van der Waals surface area contributed by atoms with Crippen LogP contribution in [-0.2, 0) is 11.2 Å². The van der Waals surface area contributed by atoms with Crippen LogP contribution in [0.2, 0.25) is 0 Å². The van der Waals surface area contributed by atoms with Crippen molar-refractivity contribution in [3.05, 3.63) is 112 Å². The molecule has 3 aromatic carbocycles. The van der Waals surface area contributed by atoms with E-state index >= 15 is 0 Å². The van der Waals surface area contributed by atoms with E-state index in [1.54, 1.807) is 0 Å². The second-order valence-corrected chi connectivity index (χ2v) is 7.97. The fraction of sp³-hybridized carbons (Fsp3) is 0.214. The molecule has 0 saturated carbocycles. The summed E-state index contributed by atoms with van der Waals surface area (Å²) < 4.78 is 6.79. The number of nitrogens with zero attached hydrogens (tertiary/aromatic N) is 1. The van der Waals surface area contributed by atoms with Crippen LogP contribution < -0.4 is 10.1 Å². The van der Waals surface area contributed by atoms with E-state index in [-0.39, 0.29) is 5.91 Å². The maximum Gasteiger partial charge on any atom is 0.258 e. The van der Waals surface area contributed by atoms with Crippen molar-refractivity contribution in [3.8, 4) is 5.75 Å². The number of hydrogen-bond acceptors (Lipinski definition) is 3. The van der Waals surface area contributed by atoms with Gasteiger partial charge in [-0.05, 0) is 54.7 Å². The van der Waals surface area contributed by atoms with Crippen molar-refractivity contribution in [3.63, 3.8) is 0 Å². The van der Waals surface area contributed by atoms with Gasteiger partial charge in [-0.3, -0.25) is 4.79 Å². The Kier molecular flexibility index (Phi) is 6.89. The third kappa shape index (κ3) is 4.82. The molecule has 0 fully saturated rings. The van der Waals surface area contributed by atoms with Gasteiger partial charge in [0.2, 0.25) is 5.71 Å². The fourth-order valence-electron chi connectivity index (χ4n) is 4.23. The average Bonchev–Trinajstić information content (AvgIpc) is 3.18. The number of carbonyl (C=O) groups is 1. The fourth-order valence-corrected chi connectivity index (χ4v) is 4.23. The maximum absolute atomic E-state index is 13.1. The van der Waals surface area contributed by atoms with E-state index in [9.17, 15) is 10.0 Å². The van der Waals surface area contributed by atoms with Gasteiger partial charge in [0.15, 0.2) is 0 Å². The van der Waals surface area contributed by atoms with Gasteiger partial charge in [0.1, 0.15) is 18.4 Å². The lowest BCUT2D eigenvalue weighted by Crippen LogP contribution is -2.30. The summed E-state index contributed by atoms with van der Waals surface area (Å²) in [4.78, 5) is 13.1. The Hall–Kier alpha value is -3.86. The Bertz CT molecular complexity index is 1190. The summed E-state index contributed by atoms with van der Waals surface area (Å²) >= 11 is 0. The summed E-state index contributed by atoms with van der Waals surface area (Å²) in [6, 6.07) is 25.8. The normalized spacial score (nSPS) is 14.1. The Morgan fingerprint density at radius 2 is 1.67 bits per heavy atom. The van der Waals surface area contributed by atoms with E-state index in [0.717, 1.165) is 34.3 Å². The number of ether oxygens (including phenoxy) is 1. The molecule has 5 nitrogen and oxygen atoms in total. The minimum absolute atomic E-state index is 0.254. The Morgan fingerprint density at radius 1 is 0.970 bits per heavy atom. The standard InChI is InChI=1S/C28H28N2O3/c1-3-29-28(31)26-25(21-14-8-5-9-15-21)23-17-16-22(19-24(23)27(26)30(2)32)33-18-10-13-20-11-6-4-7-12-20/h4-9,11-12,14-17,19H,3,10,13,18H2,1-2H3,(H,29,31)/b30-27+. The number of hydroxylamine groups is 1. The highest BCUT2D eigenvalue weighted by atomic mass is 16.5. The van der Waals surface area contributed by atoms with Crippen LogP contribution in [0.15, 0.2) is 84.4 Å². The molecular weight excluding hydrogens is 412 g/mol. The molecule has 1 amide bonds. The molecule has 0 radical (unpaired) electrons. The SMILES string of the molecule is CCNC(=O)C1=C(c2ccccc2)c2ccc(OCCCc3ccccc3)cc2/C1=[N+](/C)[O-]. The molecule has 0 atom stereocenters. The molecule has 0 spiro atoms. The molecule has 0 bridgehead atoms. The molecule has 0 unspecified atom stereocenters. The average molecular weight is 441 g/mol. The van der Waals surface area contributed by atoms with Crippen molar-refractivity contribution < 1.29 is 14.3 Å². The number of likely N-dealkylation sites (N-methyl/N-ethyl adjacent to an activating group) is 1. The van der Waals surface area contributed by atoms with Crippen LogP contribution in [0.25, 0.3) is 5.57 Å². The van der Waals surface area contributed by atoms with Crippen LogP contribution in [-0.4, -0.2) is 36.6 Å². The first-order chi connectivity index (χ1) is 16.1. The Balaban J connectivity index is 1.64. The highest BCUT2D eigenvalue weighted by Gasteiger charge is 2.37. The van der Waals surface area contributed by atoms with E-state index in [1.165, 1.54) is 12.6 Å². The molecule has 33 heavy (non-hydrogen) atoms. The highest BCUT2D eigenvalue weighted by Crippen LogP contribution is 2.39. The number of nitrogens with one attached hydrogen (secondary N) is 1. The lowest BCUT2D eigenvalue weighted by atomic mass is 9.97. The van der Waals surface area contributed by atoms with Crippen molar-refractivity contribution in [2.24, 2.45) is 0 Å². The van der Waals surface area contributed by atoms with Crippen molar-refractivity contribution in [2.45, 2.75) is 19.8 Å². The lowest BCUT2D eigenvalue weighted by molar-refractivity contribution is -0.421. The predicted molar refractivity (Wildman–Crippen MR) is 132 cm³/mol. The minimum atomic E-state index is -0.254. The van der Waals surface area contributed by atoms with Crippen LogP contribution in [0.1, 0.15) is 35.6 Å². The first kappa shape index (κ1) is 22.3. The molecule has 0 aromatic heterocycles. The zero-order chi connectivity index (χ0) is 23.2. The largest absolute Gasteiger partial charge is 0.624 e. The minimum Gasteiger partial charge on any atom is -0.624 e. The van der Waals surface area contributed by atoms with Gasteiger partial charge in [0.05, 0.1) is 12.2 Å². The third-order valence-corrected chi connectivity index (χ3v) is 5.67. The van der Waals surface area contributed by atoms with Crippen LogP contribution in [0.5, 0.6) is 5.75 Å². The van der Waals surface area contributed by atoms with Crippen LogP contribution >= 0.6 is 0 Å². The molecule has 3 aromatic rings. The van der Waals surface area contributed by atoms with Crippen LogP contribution in [0.4, 0.5) is 0 Å². The maximum atomic E-state index is 13.1. The predicted octanol–water partition coefficient (Wildman–Crippen LogP) is 4.58. The first-order valence-corrected chi connectivity index (χ1v) is 11.3. The van der Waals surface area contributed by atoms with E-state index in [0.29, 0.717) is 35.7 Å². The zero-order valence-electron chi connectivity index (χ0n) is 19.0. The summed E-state index contributed by atoms with van der Waals surface area (Å²) in [5, 5.41) is 15.5. The van der Waals surface area contributed by atoms with Crippen molar-refractivity contribution >= 4 is 17.2 Å². The van der Waals surface area contributed by atoms with Gasteiger partial charge < -0.3 is 15.3 Å². The summed E-state index contributed by atoms with van der Waals surface area (Å²) in [7, 11) is 1.43. The van der Waals surface area contributed by atoms with Gasteiger partial charge in [0.25, 0.3) is 5.91 Å². The van der Waals surface area contributed by atoms with Crippen LogP contribution in [0.3, 0.4) is 0 Å². The molecule has 0 heterocycles. The molecule has 5 heteroatoms. The quantitative estimate of drug-likeness (QED) is 0.241. The zero-order valence-corrected chi connectivity index (χ0v) is 19.0. The van der Waals surface area contributed by atoms with Gasteiger partial charge in [-0.2, -0.15) is 0 Å². The number of benzene rings is 3.